The summed E-state index contributed by atoms with van der Waals surface area (Å²) in [5.74, 6) is 0.425. The highest BCUT2D eigenvalue weighted by atomic mass is 32.2. The summed E-state index contributed by atoms with van der Waals surface area (Å²) in [6.07, 6.45) is 7.86. The van der Waals surface area contributed by atoms with E-state index in [0.29, 0.717) is 19.0 Å². The first-order valence-corrected chi connectivity index (χ1v) is 10.9. The van der Waals surface area contributed by atoms with E-state index < -0.39 is 10.0 Å². The van der Waals surface area contributed by atoms with Gasteiger partial charge in [-0.1, -0.05) is 45.7 Å². The van der Waals surface area contributed by atoms with E-state index in [-0.39, 0.29) is 16.8 Å². The second-order valence-corrected chi connectivity index (χ2v) is 8.81. The molecular formula is C20H30N2O3S. The molecule has 2 rings (SSSR count). The third-order valence-corrected chi connectivity index (χ3v) is 7.15. The first kappa shape index (κ1) is 20.6. The number of carbonyl (C=O) groups excluding carboxylic acids is 1. The van der Waals surface area contributed by atoms with E-state index >= 15 is 0 Å². The van der Waals surface area contributed by atoms with Gasteiger partial charge in [0.2, 0.25) is 15.9 Å². The zero-order chi connectivity index (χ0) is 19.2. The fourth-order valence-corrected chi connectivity index (χ4v) is 4.85. The zero-order valence-electron chi connectivity index (χ0n) is 15.9. The van der Waals surface area contributed by atoms with Gasteiger partial charge < -0.3 is 5.32 Å². The molecule has 2 atom stereocenters. The number of sulfonamides is 1. The molecule has 0 spiro atoms. The highest BCUT2D eigenvalue weighted by Crippen LogP contribution is 2.23. The number of hydrogen-bond donors (Lipinski definition) is 1. The second kappa shape index (κ2) is 9.33. The van der Waals surface area contributed by atoms with Crippen LogP contribution in [-0.4, -0.2) is 37.8 Å². The molecule has 0 unspecified atom stereocenters. The Bertz CT molecular complexity index is 722. The number of nitrogens with one attached hydrogen (secondary N) is 1. The third-order valence-electron chi connectivity index (χ3n) is 5.09. The maximum atomic E-state index is 12.5. The minimum atomic E-state index is -3.44. The van der Waals surface area contributed by atoms with E-state index in [0.717, 1.165) is 18.4 Å². The van der Waals surface area contributed by atoms with Gasteiger partial charge in [0.05, 0.1) is 4.90 Å². The van der Waals surface area contributed by atoms with Crippen molar-refractivity contribution in [2.24, 2.45) is 5.92 Å². The van der Waals surface area contributed by atoms with Crippen LogP contribution in [0.4, 0.5) is 0 Å². The molecule has 1 aromatic rings. The van der Waals surface area contributed by atoms with Crippen molar-refractivity contribution >= 4 is 22.0 Å². The highest BCUT2D eigenvalue weighted by Gasteiger charge is 2.22. The van der Waals surface area contributed by atoms with Crippen molar-refractivity contribution in [3.05, 3.63) is 35.9 Å². The Hall–Kier alpha value is -1.66. The highest BCUT2D eigenvalue weighted by molar-refractivity contribution is 7.89. The summed E-state index contributed by atoms with van der Waals surface area (Å²) >= 11 is 0. The number of amides is 1. The van der Waals surface area contributed by atoms with E-state index in [4.69, 9.17) is 0 Å². The number of rotatable bonds is 7. The molecule has 0 bridgehead atoms. The van der Waals surface area contributed by atoms with E-state index in [2.05, 4.69) is 12.2 Å². The van der Waals surface area contributed by atoms with Crippen molar-refractivity contribution in [2.45, 2.75) is 57.4 Å². The van der Waals surface area contributed by atoms with Crippen molar-refractivity contribution in [3.8, 4) is 0 Å². The molecule has 1 amide bonds. The van der Waals surface area contributed by atoms with Crippen LogP contribution in [0.5, 0.6) is 0 Å². The van der Waals surface area contributed by atoms with Crippen LogP contribution in [0.2, 0.25) is 0 Å². The van der Waals surface area contributed by atoms with Crippen molar-refractivity contribution in [1.82, 2.24) is 9.62 Å². The molecule has 144 valence electrons. The molecule has 1 N–H and O–H groups in total. The Labute approximate surface area is 157 Å². The number of hydrogen-bond acceptors (Lipinski definition) is 3. The molecule has 0 aliphatic heterocycles. The van der Waals surface area contributed by atoms with Crippen molar-refractivity contribution in [3.63, 3.8) is 0 Å². The van der Waals surface area contributed by atoms with Crippen LogP contribution in [0.3, 0.4) is 0 Å². The standard InChI is InChI=1S/C20H30N2O3S/c1-4-22(5-2)26(24,25)18-13-10-17(11-14-18)12-15-20(23)21-19-9-7-6-8-16(19)3/h10-16,19H,4-9H2,1-3H3,(H,21,23)/b15-12+/t16-,19+/m1/s1. The number of carbonyl (C=O) groups is 1. The fourth-order valence-electron chi connectivity index (χ4n) is 3.40. The Kier molecular flexibility index (Phi) is 7.41. The van der Waals surface area contributed by atoms with Gasteiger partial charge in [-0.05, 0) is 42.5 Å². The Morgan fingerprint density at radius 1 is 1.15 bits per heavy atom. The molecule has 0 radical (unpaired) electrons. The predicted octanol–water partition coefficient (Wildman–Crippen LogP) is 3.43. The first-order valence-electron chi connectivity index (χ1n) is 9.47. The normalized spacial score (nSPS) is 21.2. The van der Waals surface area contributed by atoms with Gasteiger partial charge in [-0.25, -0.2) is 8.42 Å². The maximum absolute atomic E-state index is 12.5. The predicted molar refractivity (Wildman–Crippen MR) is 105 cm³/mol. The lowest BCUT2D eigenvalue weighted by atomic mass is 9.86. The Morgan fingerprint density at radius 2 is 1.77 bits per heavy atom. The van der Waals surface area contributed by atoms with Gasteiger partial charge in [0.1, 0.15) is 0 Å². The molecule has 0 heterocycles. The molecule has 1 aliphatic carbocycles. The van der Waals surface area contributed by atoms with E-state index in [1.165, 1.54) is 23.2 Å². The number of nitrogens with zero attached hydrogens (tertiary/aromatic N) is 1. The summed E-state index contributed by atoms with van der Waals surface area (Å²) in [6.45, 7) is 6.72. The minimum absolute atomic E-state index is 0.0939. The summed E-state index contributed by atoms with van der Waals surface area (Å²) in [4.78, 5) is 12.4. The summed E-state index contributed by atoms with van der Waals surface area (Å²) in [5.41, 5.74) is 0.801. The largest absolute Gasteiger partial charge is 0.350 e. The summed E-state index contributed by atoms with van der Waals surface area (Å²) in [7, 11) is -3.44. The Balaban J connectivity index is 2.00. The maximum Gasteiger partial charge on any atom is 0.244 e. The summed E-state index contributed by atoms with van der Waals surface area (Å²) < 4.78 is 26.4. The van der Waals surface area contributed by atoms with Crippen molar-refractivity contribution in [2.75, 3.05) is 13.1 Å². The number of benzene rings is 1. The molecule has 1 aliphatic rings. The zero-order valence-corrected chi connectivity index (χ0v) is 16.8. The molecule has 0 saturated heterocycles. The van der Waals surface area contributed by atoms with Gasteiger partial charge in [0.25, 0.3) is 0 Å². The molecule has 26 heavy (non-hydrogen) atoms. The third kappa shape index (κ3) is 5.17. The van der Waals surface area contributed by atoms with E-state index in [1.807, 2.05) is 13.8 Å². The second-order valence-electron chi connectivity index (χ2n) is 6.87. The average Bonchev–Trinajstić information content (AvgIpc) is 2.63. The van der Waals surface area contributed by atoms with Gasteiger partial charge in [-0.2, -0.15) is 4.31 Å². The first-order chi connectivity index (χ1) is 12.4. The summed E-state index contributed by atoms with van der Waals surface area (Å²) in [6, 6.07) is 6.89. The molecule has 1 fully saturated rings. The summed E-state index contributed by atoms with van der Waals surface area (Å²) in [5, 5.41) is 3.08. The molecule has 1 aromatic carbocycles. The van der Waals surface area contributed by atoms with Gasteiger partial charge in [-0.15, -0.1) is 0 Å². The Morgan fingerprint density at radius 3 is 2.35 bits per heavy atom. The van der Waals surface area contributed by atoms with Gasteiger partial charge >= 0.3 is 0 Å². The average molecular weight is 379 g/mol. The minimum Gasteiger partial charge on any atom is -0.350 e. The lowest BCUT2D eigenvalue weighted by Crippen LogP contribution is -2.40. The smallest absolute Gasteiger partial charge is 0.244 e. The van der Waals surface area contributed by atoms with Gasteiger partial charge in [0, 0.05) is 25.2 Å². The molecule has 5 nitrogen and oxygen atoms in total. The molecule has 6 heteroatoms. The van der Waals surface area contributed by atoms with Crippen LogP contribution in [0.1, 0.15) is 52.0 Å². The van der Waals surface area contributed by atoms with Crippen LogP contribution in [-0.2, 0) is 14.8 Å². The van der Waals surface area contributed by atoms with Crippen molar-refractivity contribution in [1.29, 1.82) is 0 Å². The van der Waals surface area contributed by atoms with Crippen LogP contribution in [0.25, 0.3) is 6.08 Å². The van der Waals surface area contributed by atoms with Crippen LogP contribution >= 0.6 is 0 Å². The van der Waals surface area contributed by atoms with Crippen LogP contribution < -0.4 is 5.32 Å². The van der Waals surface area contributed by atoms with Crippen molar-refractivity contribution < 1.29 is 13.2 Å². The fraction of sp³-hybridized carbons (Fsp3) is 0.550. The SMILES string of the molecule is CCN(CC)S(=O)(=O)c1ccc(/C=C/C(=O)N[C@H]2CCCC[C@H]2C)cc1. The lowest BCUT2D eigenvalue weighted by molar-refractivity contribution is -0.117. The molecule has 1 saturated carbocycles. The topological polar surface area (TPSA) is 66.5 Å². The quantitative estimate of drug-likeness (QED) is 0.739. The van der Waals surface area contributed by atoms with E-state index in [1.54, 1.807) is 30.3 Å². The molecular weight excluding hydrogens is 348 g/mol. The van der Waals surface area contributed by atoms with Crippen LogP contribution in [0.15, 0.2) is 35.2 Å². The monoisotopic (exact) mass is 378 g/mol. The van der Waals surface area contributed by atoms with Gasteiger partial charge in [-0.3, -0.25) is 4.79 Å². The van der Waals surface area contributed by atoms with E-state index in [9.17, 15) is 13.2 Å². The van der Waals surface area contributed by atoms with Crippen LogP contribution in [0, 0.1) is 5.92 Å². The van der Waals surface area contributed by atoms with Gasteiger partial charge in [0.15, 0.2) is 0 Å². The molecule has 0 aromatic heterocycles. The lowest BCUT2D eigenvalue weighted by Gasteiger charge is -2.29.